The van der Waals surface area contributed by atoms with Gasteiger partial charge in [0.05, 0.1) is 17.4 Å². The first kappa shape index (κ1) is 33.7. The van der Waals surface area contributed by atoms with Gasteiger partial charge in [-0.2, -0.15) is 5.11 Å². The molecule has 1 amide bonds. The average Bonchev–Trinajstić information content (AvgIpc) is 3.36. The standard InChI is InChI=1S/C24H36N4O10S/c1-2-18(29)9-10-21(24(35)36)26-22(32)11-8-16(23(33)34)13-19(30)7-4-12-39(37,38)15-20(31)6-3-5-17-14-25-28-27-17/h16,21H,2-15H2,1H3,(H,26,32)(H,33,34)(H,35,36)/t16-,21+/m1/s1. The lowest BCUT2D eigenvalue weighted by atomic mass is 9.95. The molecule has 0 aromatic carbocycles. The molecule has 15 heteroatoms. The maximum atomic E-state index is 12.3. The van der Waals surface area contributed by atoms with Crippen LogP contribution in [0, 0.1) is 5.92 Å². The number of aliphatic carboxylic acids is 2. The number of nitrogens with zero attached hydrogens (tertiary/aromatic N) is 3. The van der Waals surface area contributed by atoms with Gasteiger partial charge in [0, 0.05) is 38.5 Å². The summed E-state index contributed by atoms with van der Waals surface area (Å²) in [6.07, 6.45) is -0.143. The molecular weight excluding hydrogens is 536 g/mol. The first-order valence-electron chi connectivity index (χ1n) is 12.8. The Labute approximate surface area is 226 Å². The molecule has 0 bridgehead atoms. The molecule has 1 aliphatic heterocycles. The minimum Gasteiger partial charge on any atom is -0.481 e. The normalized spacial score (nSPS) is 14.3. The fourth-order valence-electron chi connectivity index (χ4n) is 3.74. The third-order valence-corrected chi connectivity index (χ3v) is 7.67. The SMILES string of the molecule is CCC(=O)CC[C@H](NC(=O)CC[C@H](CC(=O)CCCS(=O)(=O)CC(=O)CCCC1=NN=NC1)C(=O)O)C(=O)O. The van der Waals surface area contributed by atoms with Gasteiger partial charge in [0.2, 0.25) is 5.91 Å². The van der Waals surface area contributed by atoms with Crippen LogP contribution in [0.25, 0.3) is 0 Å². The van der Waals surface area contributed by atoms with Crippen LogP contribution in [-0.4, -0.2) is 83.6 Å². The summed E-state index contributed by atoms with van der Waals surface area (Å²) in [5.41, 5.74) is 0.731. The van der Waals surface area contributed by atoms with E-state index < -0.39 is 69.1 Å². The molecule has 0 aromatic rings. The van der Waals surface area contributed by atoms with Gasteiger partial charge in [-0.3, -0.25) is 24.0 Å². The molecule has 0 fully saturated rings. The lowest BCUT2D eigenvalue weighted by Gasteiger charge is -2.15. The van der Waals surface area contributed by atoms with E-state index >= 15 is 0 Å². The van der Waals surface area contributed by atoms with Gasteiger partial charge in [-0.15, -0.1) is 5.10 Å². The Hall–Kier alpha value is -3.36. The van der Waals surface area contributed by atoms with E-state index in [1.54, 1.807) is 6.92 Å². The molecule has 0 spiro atoms. The minimum atomic E-state index is -3.73. The third kappa shape index (κ3) is 15.0. The monoisotopic (exact) mass is 572 g/mol. The average molecular weight is 573 g/mol. The maximum absolute atomic E-state index is 12.3. The fourth-order valence-corrected chi connectivity index (χ4v) is 5.10. The first-order valence-corrected chi connectivity index (χ1v) is 14.6. The summed E-state index contributed by atoms with van der Waals surface area (Å²) in [6, 6.07) is -1.29. The molecule has 3 N–H and O–H groups in total. The number of amides is 1. The summed E-state index contributed by atoms with van der Waals surface area (Å²) < 4.78 is 24.4. The molecule has 1 aliphatic rings. The molecule has 1 heterocycles. The van der Waals surface area contributed by atoms with E-state index in [1.165, 1.54) is 0 Å². The van der Waals surface area contributed by atoms with Crippen molar-refractivity contribution in [3.8, 4) is 0 Å². The molecule has 0 saturated heterocycles. The van der Waals surface area contributed by atoms with Crippen molar-refractivity contribution in [1.82, 2.24) is 5.32 Å². The van der Waals surface area contributed by atoms with Crippen molar-refractivity contribution >= 4 is 50.7 Å². The second-order valence-corrected chi connectivity index (χ2v) is 11.5. The van der Waals surface area contributed by atoms with Gasteiger partial charge in [-0.1, -0.05) is 6.92 Å². The van der Waals surface area contributed by atoms with Crippen LogP contribution in [0.15, 0.2) is 15.4 Å². The van der Waals surface area contributed by atoms with Crippen LogP contribution in [0.3, 0.4) is 0 Å². The minimum absolute atomic E-state index is 0.0201. The van der Waals surface area contributed by atoms with Crippen molar-refractivity contribution in [3.05, 3.63) is 0 Å². The highest BCUT2D eigenvalue weighted by Crippen LogP contribution is 2.15. The third-order valence-electron chi connectivity index (χ3n) is 6.00. The Kier molecular flexibility index (Phi) is 14.9. The molecule has 2 atom stereocenters. The largest absolute Gasteiger partial charge is 0.481 e. The van der Waals surface area contributed by atoms with Crippen molar-refractivity contribution in [3.63, 3.8) is 0 Å². The van der Waals surface area contributed by atoms with Gasteiger partial charge in [-0.25, -0.2) is 13.2 Å². The summed E-state index contributed by atoms with van der Waals surface area (Å²) in [5.74, 6) is -6.70. The zero-order chi connectivity index (χ0) is 29.4. The number of rotatable bonds is 22. The van der Waals surface area contributed by atoms with E-state index in [2.05, 4.69) is 20.8 Å². The predicted molar refractivity (Wildman–Crippen MR) is 138 cm³/mol. The van der Waals surface area contributed by atoms with Gasteiger partial charge in [0.25, 0.3) is 0 Å². The summed E-state index contributed by atoms with van der Waals surface area (Å²) in [6.45, 7) is 2.01. The number of Topliss-reactive ketones (excluding diaryl/α,β-unsaturated/α-hetero) is 3. The highest BCUT2D eigenvalue weighted by atomic mass is 32.2. The van der Waals surface area contributed by atoms with Gasteiger partial charge in [0.15, 0.2) is 9.84 Å². The number of sulfone groups is 1. The number of nitrogens with one attached hydrogen (secondary N) is 1. The van der Waals surface area contributed by atoms with Crippen molar-refractivity contribution in [2.24, 2.45) is 21.4 Å². The Morgan fingerprint density at radius 1 is 0.897 bits per heavy atom. The van der Waals surface area contributed by atoms with E-state index in [4.69, 9.17) is 0 Å². The molecule has 0 aromatic heterocycles. The Bertz CT molecular complexity index is 1080. The van der Waals surface area contributed by atoms with E-state index in [9.17, 15) is 47.4 Å². The van der Waals surface area contributed by atoms with Crippen molar-refractivity contribution in [2.45, 2.75) is 83.6 Å². The van der Waals surface area contributed by atoms with E-state index in [0.29, 0.717) is 19.4 Å². The second kappa shape index (κ2) is 17.3. The second-order valence-electron chi connectivity index (χ2n) is 9.35. The lowest BCUT2D eigenvalue weighted by Crippen LogP contribution is -2.41. The molecule has 0 aliphatic carbocycles. The highest BCUT2D eigenvalue weighted by molar-refractivity contribution is 7.92. The van der Waals surface area contributed by atoms with Crippen LogP contribution < -0.4 is 5.32 Å². The topological polar surface area (TPSA) is 226 Å². The fraction of sp³-hybridized carbons (Fsp3) is 0.708. The van der Waals surface area contributed by atoms with Gasteiger partial charge >= 0.3 is 11.9 Å². The number of carboxylic acid groups (broad SMARTS) is 2. The van der Waals surface area contributed by atoms with Crippen molar-refractivity contribution < 1.29 is 47.4 Å². The smallest absolute Gasteiger partial charge is 0.326 e. The van der Waals surface area contributed by atoms with Crippen molar-refractivity contribution in [1.29, 1.82) is 0 Å². The lowest BCUT2D eigenvalue weighted by molar-refractivity contribution is -0.145. The number of hydrogen-bond donors (Lipinski definition) is 3. The van der Waals surface area contributed by atoms with Gasteiger partial charge < -0.3 is 15.5 Å². The number of ketones is 3. The molecule has 0 radical (unpaired) electrons. The molecular formula is C24H36N4O10S. The van der Waals surface area contributed by atoms with Crippen LogP contribution in [0.1, 0.15) is 77.6 Å². The van der Waals surface area contributed by atoms with E-state index in [1.807, 2.05) is 0 Å². The maximum Gasteiger partial charge on any atom is 0.326 e. The van der Waals surface area contributed by atoms with Crippen LogP contribution in [-0.2, 0) is 38.6 Å². The summed E-state index contributed by atoms with van der Waals surface area (Å²) >= 11 is 0. The quantitative estimate of drug-likeness (QED) is 0.169. The zero-order valence-corrected chi connectivity index (χ0v) is 22.8. The summed E-state index contributed by atoms with van der Waals surface area (Å²) in [5, 5.41) is 31.8. The molecule has 1 rings (SSSR count). The number of carbonyl (C=O) groups excluding carboxylic acids is 4. The number of carbonyl (C=O) groups is 6. The molecule has 218 valence electrons. The number of carboxylic acids is 2. The van der Waals surface area contributed by atoms with Crippen LogP contribution >= 0.6 is 0 Å². The highest BCUT2D eigenvalue weighted by Gasteiger charge is 2.25. The van der Waals surface area contributed by atoms with Gasteiger partial charge in [0.1, 0.15) is 35.7 Å². The van der Waals surface area contributed by atoms with Crippen LogP contribution in [0.5, 0.6) is 0 Å². The Morgan fingerprint density at radius 2 is 1.59 bits per heavy atom. The van der Waals surface area contributed by atoms with Crippen molar-refractivity contribution in [2.75, 3.05) is 18.1 Å². The summed E-state index contributed by atoms with van der Waals surface area (Å²) in [4.78, 5) is 70.7. The zero-order valence-electron chi connectivity index (χ0n) is 22.0. The molecule has 39 heavy (non-hydrogen) atoms. The first-order chi connectivity index (χ1) is 18.3. The Morgan fingerprint density at radius 3 is 2.18 bits per heavy atom. The van der Waals surface area contributed by atoms with E-state index in [-0.39, 0.29) is 57.1 Å². The Balaban J connectivity index is 2.40. The molecule has 0 unspecified atom stereocenters. The van der Waals surface area contributed by atoms with Gasteiger partial charge in [-0.05, 0) is 37.3 Å². The summed E-state index contributed by atoms with van der Waals surface area (Å²) in [7, 11) is -3.73. The van der Waals surface area contributed by atoms with Crippen LogP contribution in [0.2, 0.25) is 0 Å². The number of hydrogen-bond acceptors (Lipinski definition) is 11. The predicted octanol–water partition coefficient (Wildman–Crippen LogP) is 1.51. The van der Waals surface area contributed by atoms with E-state index in [0.717, 1.165) is 5.71 Å². The molecule has 14 nitrogen and oxygen atoms in total. The van der Waals surface area contributed by atoms with Crippen LogP contribution in [0.4, 0.5) is 0 Å². The molecule has 0 saturated carbocycles.